The highest BCUT2D eigenvalue weighted by molar-refractivity contribution is 7.15. The van der Waals surface area contributed by atoms with E-state index in [0.717, 1.165) is 21.7 Å². The molecule has 0 saturated carbocycles. The SMILES string of the molecule is Cc1ccc(-c2nc3[nH]ccc(=O)c3cc2-c2ccc(N)c(NN)c2)s1. The van der Waals surface area contributed by atoms with E-state index in [1.165, 1.54) is 10.9 Å². The molecule has 4 aromatic rings. The van der Waals surface area contributed by atoms with Crippen LogP contribution in [0.1, 0.15) is 4.88 Å². The monoisotopic (exact) mass is 363 g/mol. The lowest BCUT2D eigenvalue weighted by Gasteiger charge is -2.12. The Kier molecular flexibility index (Phi) is 3.95. The van der Waals surface area contributed by atoms with Crippen molar-refractivity contribution in [3.8, 4) is 21.7 Å². The number of pyridine rings is 2. The lowest BCUT2D eigenvalue weighted by Crippen LogP contribution is -2.09. The molecular weight excluding hydrogens is 346 g/mol. The van der Waals surface area contributed by atoms with E-state index in [1.807, 2.05) is 24.3 Å². The molecule has 0 fully saturated rings. The molecule has 0 atom stereocenters. The fraction of sp³-hybridized carbons (Fsp3) is 0.0526. The van der Waals surface area contributed by atoms with Crippen LogP contribution in [0.25, 0.3) is 32.7 Å². The van der Waals surface area contributed by atoms with Crippen LogP contribution in [-0.4, -0.2) is 9.97 Å². The number of hydrogen-bond acceptors (Lipinski definition) is 6. The van der Waals surface area contributed by atoms with Gasteiger partial charge in [-0.2, -0.15) is 0 Å². The number of aromatic amines is 1. The predicted molar refractivity (Wildman–Crippen MR) is 108 cm³/mol. The number of hydrogen-bond donors (Lipinski definition) is 4. The van der Waals surface area contributed by atoms with Gasteiger partial charge in [-0.05, 0) is 42.8 Å². The minimum absolute atomic E-state index is 0.0750. The van der Waals surface area contributed by atoms with Gasteiger partial charge in [0.15, 0.2) is 5.43 Å². The number of anilines is 2. The molecule has 0 amide bonds. The number of rotatable bonds is 3. The molecular formula is C19H17N5OS. The van der Waals surface area contributed by atoms with E-state index in [2.05, 4.69) is 23.4 Å². The first kappa shape index (κ1) is 16.3. The summed E-state index contributed by atoms with van der Waals surface area (Å²) in [5, 5.41) is 0.540. The Morgan fingerprint density at radius 2 is 2.00 bits per heavy atom. The number of aryl methyl sites for hydroxylation is 1. The van der Waals surface area contributed by atoms with Crippen LogP contribution < -0.4 is 22.4 Å². The number of nitrogens with zero attached hydrogens (tertiary/aromatic N) is 1. The number of thiophene rings is 1. The molecule has 6 N–H and O–H groups in total. The Morgan fingerprint density at radius 3 is 2.73 bits per heavy atom. The first-order chi connectivity index (χ1) is 12.6. The first-order valence-electron chi connectivity index (χ1n) is 8.02. The molecule has 0 radical (unpaired) electrons. The van der Waals surface area contributed by atoms with Crippen LogP contribution in [0.15, 0.2) is 53.5 Å². The fourth-order valence-corrected chi connectivity index (χ4v) is 3.79. The summed E-state index contributed by atoms with van der Waals surface area (Å²) in [6, 6.07) is 13.0. The average Bonchev–Trinajstić information content (AvgIpc) is 3.08. The van der Waals surface area contributed by atoms with Crippen LogP contribution in [0.4, 0.5) is 11.4 Å². The van der Waals surface area contributed by atoms with Crippen molar-refractivity contribution in [3.63, 3.8) is 0 Å². The molecule has 3 heterocycles. The number of fused-ring (bicyclic) bond motifs is 1. The Labute approximate surface area is 153 Å². The molecule has 0 saturated heterocycles. The minimum Gasteiger partial charge on any atom is -0.397 e. The van der Waals surface area contributed by atoms with Gasteiger partial charge in [-0.15, -0.1) is 11.3 Å². The summed E-state index contributed by atoms with van der Waals surface area (Å²) >= 11 is 1.66. The molecule has 0 unspecified atom stereocenters. The van der Waals surface area contributed by atoms with Crippen LogP contribution in [0.3, 0.4) is 0 Å². The second-order valence-electron chi connectivity index (χ2n) is 5.98. The van der Waals surface area contributed by atoms with E-state index in [4.69, 9.17) is 16.6 Å². The molecule has 26 heavy (non-hydrogen) atoms. The van der Waals surface area contributed by atoms with Crippen LogP contribution in [-0.2, 0) is 0 Å². The van der Waals surface area contributed by atoms with Gasteiger partial charge in [0.2, 0.25) is 0 Å². The zero-order valence-electron chi connectivity index (χ0n) is 14.0. The van der Waals surface area contributed by atoms with Crippen LogP contribution in [0.5, 0.6) is 0 Å². The maximum absolute atomic E-state index is 12.3. The number of benzene rings is 1. The smallest absolute Gasteiger partial charge is 0.191 e. The molecule has 0 bridgehead atoms. The third kappa shape index (κ3) is 2.73. The number of H-pyrrole nitrogens is 1. The maximum atomic E-state index is 12.3. The van der Waals surface area contributed by atoms with Gasteiger partial charge in [0, 0.05) is 22.7 Å². The van der Waals surface area contributed by atoms with Crippen LogP contribution >= 0.6 is 11.3 Å². The number of aromatic nitrogens is 2. The zero-order chi connectivity index (χ0) is 18.3. The maximum Gasteiger partial charge on any atom is 0.191 e. The molecule has 1 aromatic carbocycles. The lowest BCUT2D eigenvalue weighted by atomic mass is 10.0. The van der Waals surface area contributed by atoms with Gasteiger partial charge >= 0.3 is 0 Å². The number of nitrogens with two attached hydrogens (primary N) is 2. The number of nitrogen functional groups attached to an aromatic ring is 2. The van der Waals surface area contributed by atoms with Gasteiger partial charge in [-0.1, -0.05) is 6.07 Å². The summed E-state index contributed by atoms with van der Waals surface area (Å²) in [5.74, 6) is 5.57. The van der Waals surface area contributed by atoms with Crippen molar-refractivity contribution < 1.29 is 0 Å². The van der Waals surface area contributed by atoms with E-state index in [-0.39, 0.29) is 5.43 Å². The lowest BCUT2D eigenvalue weighted by molar-refractivity contribution is 1.28. The number of nitrogens with one attached hydrogen (secondary N) is 2. The molecule has 3 aromatic heterocycles. The third-order valence-corrected chi connectivity index (χ3v) is 5.24. The van der Waals surface area contributed by atoms with E-state index < -0.39 is 0 Å². The normalized spacial score (nSPS) is 11.0. The van der Waals surface area contributed by atoms with Gasteiger partial charge in [-0.3, -0.25) is 10.6 Å². The third-order valence-electron chi connectivity index (χ3n) is 4.24. The van der Waals surface area contributed by atoms with Crippen molar-refractivity contribution in [2.45, 2.75) is 6.92 Å². The van der Waals surface area contributed by atoms with Crippen molar-refractivity contribution in [1.82, 2.24) is 9.97 Å². The first-order valence-corrected chi connectivity index (χ1v) is 8.84. The van der Waals surface area contributed by atoms with Gasteiger partial charge in [0.05, 0.1) is 27.3 Å². The quantitative estimate of drug-likeness (QED) is 0.253. The fourth-order valence-electron chi connectivity index (χ4n) is 2.92. The van der Waals surface area contributed by atoms with Crippen LogP contribution in [0.2, 0.25) is 0 Å². The summed E-state index contributed by atoms with van der Waals surface area (Å²) in [6.07, 6.45) is 1.61. The zero-order valence-corrected chi connectivity index (χ0v) is 14.9. The summed E-state index contributed by atoms with van der Waals surface area (Å²) in [4.78, 5) is 22.3. The summed E-state index contributed by atoms with van der Waals surface area (Å²) in [5.41, 5.74) is 12.8. The number of hydrazine groups is 1. The van der Waals surface area contributed by atoms with E-state index >= 15 is 0 Å². The summed E-state index contributed by atoms with van der Waals surface area (Å²) in [6.45, 7) is 2.05. The predicted octanol–water partition coefficient (Wildman–Crippen LogP) is 3.49. The minimum atomic E-state index is -0.0750. The Bertz CT molecular complexity index is 1180. The van der Waals surface area contributed by atoms with Crippen molar-refractivity contribution in [2.24, 2.45) is 5.84 Å². The van der Waals surface area contributed by atoms with E-state index in [1.54, 1.807) is 23.6 Å². The van der Waals surface area contributed by atoms with Gasteiger partial charge in [-0.25, -0.2) is 4.98 Å². The highest BCUT2D eigenvalue weighted by Crippen LogP contribution is 2.37. The van der Waals surface area contributed by atoms with E-state index in [0.29, 0.717) is 22.4 Å². The molecule has 4 rings (SSSR count). The molecule has 6 nitrogen and oxygen atoms in total. The standard InChI is InChI=1S/C19H17N5OS/c1-10-2-5-17(26-10)18-12(11-3-4-14(20)15(8-11)24-21)9-13-16(25)6-7-22-19(13)23-18/h2-9,24H,20-21H2,1H3,(H,22,23,25). The van der Waals surface area contributed by atoms with Gasteiger partial charge in [0.1, 0.15) is 5.65 Å². The summed E-state index contributed by atoms with van der Waals surface area (Å²) < 4.78 is 0. The van der Waals surface area contributed by atoms with Crippen LogP contribution in [0, 0.1) is 6.92 Å². The van der Waals surface area contributed by atoms with E-state index in [9.17, 15) is 4.79 Å². The molecule has 0 aliphatic heterocycles. The van der Waals surface area contributed by atoms with Gasteiger partial charge in [0.25, 0.3) is 0 Å². The van der Waals surface area contributed by atoms with Crippen molar-refractivity contribution >= 4 is 33.7 Å². The molecule has 0 aliphatic carbocycles. The molecule has 130 valence electrons. The van der Waals surface area contributed by atoms with Gasteiger partial charge < -0.3 is 16.1 Å². The molecule has 0 aliphatic rings. The topological polar surface area (TPSA) is 110 Å². The molecule has 0 spiro atoms. The average molecular weight is 363 g/mol. The Balaban J connectivity index is 2.05. The van der Waals surface area contributed by atoms with Crippen molar-refractivity contribution in [1.29, 1.82) is 0 Å². The Hall–Kier alpha value is -3.16. The largest absolute Gasteiger partial charge is 0.397 e. The highest BCUT2D eigenvalue weighted by Gasteiger charge is 2.15. The van der Waals surface area contributed by atoms with Crippen molar-refractivity contribution in [3.05, 3.63) is 63.8 Å². The summed E-state index contributed by atoms with van der Waals surface area (Å²) in [7, 11) is 0. The van der Waals surface area contributed by atoms with Crippen molar-refractivity contribution in [2.75, 3.05) is 11.2 Å². The second kappa shape index (κ2) is 6.29. The second-order valence-corrected chi connectivity index (χ2v) is 7.27. The Morgan fingerprint density at radius 1 is 1.15 bits per heavy atom. The molecule has 7 heteroatoms. The highest BCUT2D eigenvalue weighted by atomic mass is 32.1.